The van der Waals surface area contributed by atoms with Crippen molar-refractivity contribution in [3.63, 3.8) is 0 Å². The number of hydrogen-bond acceptors (Lipinski definition) is 2. The molecule has 0 saturated carbocycles. The first-order chi connectivity index (χ1) is 9.42. The summed E-state index contributed by atoms with van der Waals surface area (Å²) in [6.45, 7) is 3.32. The number of fused-ring (bicyclic) bond motifs is 2. The molecule has 0 spiro atoms. The average Bonchev–Trinajstić information content (AvgIpc) is 3.05. The second kappa shape index (κ2) is 4.30. The molecule has 2 aromatic carbocycles. The molecule has 0 unspecified atom stereocenters. The Balaban J connectivity index is 1.58. The third-order valence-electron chi connectivity index (χ3n) is 4.31. The van der Waals surface area contributed by atoms with Crippen molar-refractivity contribution in [1.29, 1.82) is 0 Å². The van der Waals surface area contributed by atoms with Crippen LogP contribution in [0.15, 0.2) is 48.5 Å². The number of nitrogens with zero attached hydrogens (tertiary/aromatic N) is 2. The Labute approximate surface area is 114 Å². The third kappa shape index (κ3) is 1.79. The Hall–Kier alpha value is -1.96. The van der Waals surface area contributed by atoms with Gasteiger partial charge in [-0.1, -0.05) is 36.4 Å². The summed E-state index contributed by atoms with van der Waals surface area (Å²) in [5, 5.41) is 0. The molecule has 19 heavy (non-hydrogen) atoms. The van der Waals surface area contributed by atoms with Crippen LogP contribution < -0.4 is 9.80 Å². The first-order valence-electron chi connectivity index (χ1n) is 7.07. The molecule has 0 amide bonds. The maximum Gasteiger partial charge on any atom is 0.0903 e. The second-order valence-corrected chi connectivity index (χ2v) is 5.43. The van der Waals surface area contributed by atoms with Gasteiger partial charge in [-0.3, -0.25) is 0 Å². The molecular formula is C17H18N2. The van der Waals surface area contributed by atoms with Crippen LogP contribution in [-0.4, -0.2) is 19.8 Å². The molecule has 2 aliphatic rings. The molecule has 0 bridgehead atoms. The molecule has 0 aliphatic carbocycles. The number of hydrogen-bond donors (Lipinski definition) is 0. The van der Waals surface area contributed by atoms with Gasteiger partial charge in [0.1, 0.15) is 0 Å². The summed E-state index contributed by atoms with van der Waals surface area (Å²) in [5.74, 6) is 0. The van der Waals surface area contributed by atoms with Crippen molar-refractivity contribution < 1.29 is 0 Å². The molecule has 2 aliphatic heterocycles. The van der Waals surface area contributed by atoms with Crippen LogP contribution in [0.2, 0.25) is 0 Å². The lowest BCUT2D eigenvalue weighted by atomic mass is 10.2. The van der Waals surface area contributed by atoms with E-state index in [1.54, 1.807) is 0 Å². The van der Waals surface area contributed by atoms with Crippen molar-refractivity contribution >= 4 is 11.4 Å². The van der Waals surface area contributed by atoms with Crippen molar-refractivity contribution in [2.24, 2.45) is 0 Å². The predicted molar refractivity (Wildman–Crippen MR) is 79.9 cm³/mol. The number of para-hydroxylation sites is 2. The fraction of sp³-hybridized carbons (Fsp3) is 0.294. The molecule has 2 aromatic rings. The summed E-state index contributed by atoms with van der Waals surface area (Å²) in [5.41, 5.74) is 5.84. The molecule has 0 atom stereocenters. The second-order valence-electron chi connectivity index (χ2n) is 5.43. The van der Waals surface area contributed by atoms with E-state index in [4.69, 9.17) is 0 Å². The fourth-order valence-electron chi connectivity index (χ4n) is 3.31. The first kappa shape index (κ1) is 10.9. The van der Waals surface area contributed by atoms with Crippen LogP contribution in [0.3, 0.4) is 0 Å². The number of anilines is 2. The summed E-state index contributed by atoms with van der Waals surface area (Å²) in [6.07, 6.45) is 2.37. The Morgan fingerprint density at radius 2 is 1.16 bits per heavy atom. The lowest BCUT2D eigenvalue weighted by Crippen LogP contribution is -2.36. The fourth-order valence-corrected chi connectivity index (χ4v) is 3.31. The Bertz CT molecular complexity index is 552. The van der Waals surface area contributed by atoms with E-state index in [-0.39, 0.29) is 0 Å². The highest BCUT2D eigenvalue weighted by Gasteiger charge is 2.24. The molecule has 4 rings (SSSR count). The SMILES string of the molecule is c1ccc2c(c1)CCN2CN1CCc2ccccc21. The van der Waals surface area contributed by atoms with Gasteiger partial charge in [-0.25, -0.2) is 0 Å². The highest BCUT2D eigenvalue weighted by molar-refractivity contribution is 5.62. The van der Waals surface area contributed by atoms with Crippen molar-refractivity contribution in [1.82, 2.24) is 0 Å². The molecule has 0 radical (unpaired) electrons. The normalized spacial score (nSPS) is 16.6. The zero-order chi connectivity index (χ0) is 12.7. The summed E-state index contributed by atoms with van der Waals surface area (Å²) >= 11 is 0. The highest BCUT2D eigenvalue weighted by Crippen LogP contribution is 2.31. The summed E-state index contributed by atoms with van der Waals surface area (Å²) < 4.78 is 0. The van der Waals surface area contributed by atoms with Crippen molar-refractivity contribution in [2.75, 3.05) is 29.6 Å². The van der Waals surface area contributed by atoms with Crippen LogP contribution >= 0.6 is 0 Å². The van der Waals surface area contributed by atoms with E-state index in [1.807, 2.05) is 0 Å². The van der Waals surface area contributed by atoms with Crippen molar-refractivity contribution in [2.45, 2.75) is 12.8 Å². The summed E-state index contributed by atoms with van der Waals surface area (Å²) in [7, 11) is 0. The Morgan fingerprint density at radius 3 is 1.68 bits per heavy atom. The number of rotatable bonds is 2. The topological polar surface area (TPSA) is 6.48 Å². The third-order valence-corrected chi connectivity index (χ3v) is 4.31. The van der Waals surface area contributed by atoms with Gasteiger partial charge in [-0.2, -0.15) is 0 Å². The summed E-state index contributed by atoms with van der Waals surface area (Å²) in [4.78, 5) is 5.02. The van der Waals surface area contributed by atoms with Crippen LogP contribution in [0.4, 0.5) is 11.4 Å². The minimum Gasteiger partial charge on any atom is -0.353 e. The molecule has 0 saturated heterocycles. The van der Waals surface area contributed by atoms with Gasteiger partial charge in [0.05, 0.1) is 6.67 Å². The Morgan fingerprint density at radius 1 is 0.684 bits per heavy atom. The van der Waals surface area contributed by atoms with Crippen molar-refractivity contribution in [3.8, 4) is 0 Å². The van der Waals surface area contributed by atoms with Gasteiger partial charge in [0, 0.05) is 24.5 Å². The van der Waals surface area contributed by atoms with Gasteiger partial charge in [-0.15, -0.1) is 0 Å². The van der Waals surface area contributed by atoms with Crippen LogP contribution in [0.1, 0.15) is 11.1 Å². The van der Waals surface area contributed by atoms with Gasteiger partial charge < -0.3 is 9.80 Å². The molecule has 0 fully saturated rings. The van der Waals surface area contributed by atoms with Crippen LogP contribution in [0, 0.1) is 0 Å². The van der Waals surface area contributed by atoms with E-state index in [0.717, 1.165) is 19.8 Å². The molecule has 2 heterocycles. The van der Waals surface area contributed by atoms with E-state index in [2.05, 4.69) is 58.3 Å². The minimum absolute atomic E-state index is 1.02. The average molecular weight is 250 g/mol. The van der Waals surface area contributed by atoms with E-state index in [0.29, 0.717) is 0 Å². The van der Waals surface area contributed by atoms with Gasteiger partial charge in [0.2, 0.25) is 0 Å². The molecular weight excluding hydrogens is 232 g/mol. The van der Waals surface area contributed by atoms with Gasteiger partial charge >= 0.3 is 0 Å². The lowest BCUT2D eigenvalue weighted by molar-refractivity contribution is 0.763. The molecule has 2 heteroatoms. The minimum atomic E-state index is 1.02. The van der Waals surface area contributed by atoms with Crippen molar-refractivity contribution in [3.05, 3.63) is 59.7 Å². The maximum atomic E-state index is 2.51. The smallest absolute Gasteiger partial charge is 0.0903 e. The maximum absolute atomic E-state index is 2.51. The van der Waals surface area contributed by atoms with Gasteiger partial charge in [0.15, 0.2) is 0 Å². The monoisotopic (exact) mass is 250 g/mol. The number of benzene rings is 2. The van der Waals surface area contributed by atoms with E-state index in [1.165, 1.54) is 35.3 Å². The predicted octanol–water partition coefficient (Wildman–Crippen LogP) is 3.07. The van der Waals surface area contributed by atoms with Crippen LogP contribution in [0.25, 0.3) is 0 Å². The van der Waals surface area contributed by atoms with Crippen LogP contribution in [0.5, 0.6) is 0 Å². The quantitative estimate of drug-likeness (QED) is 0.808. The van der Waals surface area contributed by atoms with E-state index < -0.39 is 0 Å². The first-order valence-corrected chi connectivity index (χ1v) is 7.07. The largest absolute Gasteiger partial charge is 0.353 e. The van der Waals surface area contributed by atoms with Crippen LogP contribution in [-0.2, 0) is 12.8 Å². The highest BCUT2D eigenvalue weighted by atomic mass is 15.3. The van der Waals surface area contributed by atoms with Gasteiger partial charge in [0.25, 0.3) is 0 Å². The molecule has 0 N–H and O–H groups in total. The van der Waals surface area contributed by atoms with E-state index in [9.17, 15) is 0 Å². The lowest BCUT2D eigenvalue weighted by Gasteiger charge is -2.28. The molecule has 0 aromatic heterocycles. The molecule has 96 valence electrons. The zero-order valence-electron chi connectivity index (χ0n) is 11.0. The van der Waals surface area contributed by atoms with Gasteiger partial charge in [-0.05, 0) is 36.1 Å². The van der Waals surface area contributed by atoms with E-state index >= 15 is 0 Å². The summed E-state index contributed by atoms with van der Waals surface area (Å²) in [6, 6.07) is 17.6. The molecule has 2 nitrogen and oxygen atoms in total. The zero-order valence-corrected chi connectivity index (χ0v) is 11.0. The Kier molecular flexibility index (Phi) is 2.47. The standard InChI is InChI=1S/C17H18N2/c1-3-7-16-14(5-1)9-11-18(16)13-19-12-10-15-6-2-4-8-17(15)19/h1-8H,9-13H2.